The van der Waals surface area contributed by atoms with Gasteiger partial charge >= 0.3 is 0 Å². The van der Waals surface area contributed by atoms with Crippen LogP contribution in [-0.2, 0) is 4.79 Å². The quantitative estimate of drug-likeness (QED) is 0.328. The fourth-order valence-electron chi connectivity index (χ4n) is 1.35. The van der Waals surface area contributed by atoms with Gasteiger partial charge in [0.15, 0.2) is 0 Å². The van der Waals surface area contributed by atoms with Gasteiger partial charge in [-0.1, -0.05) is 19.8 Å². The Bertz CT molecular complexity index is 212. The van der Waals surface area contributed by atoms with Crippen molar-refractivity contribution in [1.29, 1.82) is 0 Å². The minimum Gasteiger partial charge on any atom is -0.394 e. The summed E-state index contributed by atoms with van der Waals surface area (Å²) < 4.78 is 0. The van der Waals surface area contributed by atoms with E-state index in [2.05, 4.69) is 12.2 Å². The largest absolute Gasteiger partial charge is 0.394 e. The van der Waals surface area contributed by atoms with Crippen molar-refractivity contribution in [3.05, 3.63) is 0 Å². The van der Waals surface area contributed by atoms with Crippen LogP contribution < -0.4 is 5.32 Å². The maximum atomic E-state index is 11.3. The molecule has 0 aliphatic heterocycles. The van der Waals surface area contributed by atoms with Gasteiger partial charge < -0.3 is 25.7 Å². The van der Waals surface area contributed by atoms with Crippen LogP contribution >= 0.6 is 0 Å². The Balaban J connectivity index is 3.79. The van der Waals surface area contributed by atoms with Crippen molar-refractivity contribution >= 4 is 5.91 Å². The molecule has 0 saturated heterocycles. The average Bonchev–Trinajstić information content (AvgIpc) is 2.32. The van der Waals surface area contributed by atoms with Crippen LogP contribution in [-0.4, -0.2) is 57.8 Å². The highest BCUT2D eigenvalue weighted by molar-refractivity contribution is 5.76. The third-order valence-corrected chi connectivity index (χ3v) is 2.47. The van der Waals surface area contributed by atoms with Crippen molar-refractivity contribution in [2.75, 3.05) is 13.2 Å². The van der Waals surface area contributed by atoms with Crippen LogP contribution in [0.25, 0.3) is 0 Å². The molecule has 3 atom stereocenters. The molecule has 0 heterocycles. The van der Waals surface area contributed by atoms with Gasteiger partial charge in [-0.25, -0.2) is 0 Å². The molecule has 102 valence electrons. The number of aliphatic hydroxyl groups excluding tert-OH is 4. The van der Waals surface area contributed by atoms with E-state index < -0.39 is 24.9 Å². The molecule has 6 heteroatoms. The molecule has 0 aromatic carbocycles. The lowest BCUT2D eigenvalue weighted by Crippen LogP contribution is -2.42. The van der Waals surface area contributed by atoms with Crippen molar-refractivity contribution < 1.29 is 25.2 Å². The number of aliphatic hydroxyl groups is 4. The molecule has 6 nitrogen and oxygen atoms in total. The Morgan fingerprint density at radius 3 is 2.35 bits per heavy atom. The number of amides is 1. The molecule has 0 aromatic heterocycles. The molecule has 0 saturated carbocycles. The number of hydrogen-bond acceptors (Lipinski definition) is 5. The topological polar surface area (TPSA) is 110 Å². The van der Waals surface area contributed by atoms with Gasteiger partial charge in [0.05, 0.1) is 19.1 Å². The Labute approximate surface area is 101 Å². The predicted octanol–water partition coefficient (Wildman–Crippen LogP) is -1.24. The summed E-state index contributed by atoms with van der Waals surface area (Å²) in [5, 5.41) is 39.0. The lowest BCUT2D eigenvalue weighted by molar-refractivity contribution is -0.128. The van der Waals surface area contributed by atoms with Gasteiger partial charge in [0.2, 0.25) is 5.91 Å². The van der Waals surface area contributed by atoms with Crippen LogP contribution in [0.2, 0.25) is 0 Å². The third kappa shape index (κ3) is 7.27. The third-order valence-electron chi connectivity index (χ3n) is 2.47. The molecule has 0 aromatic rings. The predicted molar refractivity (Wildman–Crippen MR) is 62.3 cm³/mol. The summed E-state index contributed by atoms with van der Waals surface area (Å²) in [6.07, 6.45) is -1.65. The Hall–Kier alpha value is -0.690. The molecule has 3 unspecified atom stereocenters. The van der Waals surface area contributed by atoms with Crippen LogP contribution in [0.3, 0.4) is 0 Å². The Morgan fingerprint density at radius 2 is 1.82 bits per heavy atom. The van der Waals surface area contributed by atoms with Crippen molar-refractivity contribution in [3.63, 3.8) is 0 Å². The maximum Gasteiger partial charge on any atom is 0.222 e. The van der Waals surface area contributed by atoms with Gasteiger partial charge in [0.25, 0.3) is 0 Å². The molecule has 0 fully saturated rings. The first-order chi connectivity index (χ1) is 8.02. The number of nitrogens with one attached hydrogen (secondary N) is 1. The maximum absolute atomic E-state index is 11.3. The minimum atomic E-state index is -1.51. The van der Waals surface area contributed by atoms with Gasteiger partial charge in [-0.15, -0.1) is 0 Å². The molecule has 0 rings (SSSR count). The first-order valence-electron chi connectivity index (χ1n) is 5.94. The summed E-state index contributed by atoms with van der Waals surface area (Å²) in [7, 11) is 0. The van der Waals surface area contributed by atoms with E-state index in [0.29, 0.717) is 6.54 Å². The van der Waals surface area contributed by atoms with E-state index in [1.165, 1.54) is 0 Å². The van der Waals surface area contributed by atoms with Crippen LogP contribution in [0, 0.1) is 0 Å². The van der Waals surface area contributed by atoms with E-state index in [1.807, 2.05) is 0 Å². The smallest absolute Gasteiger partial charge is 0.222 e. The number of carbonyl (C=O) groups is 1. The standard InChI is InChI=1S/C11H23NO5/c1-2-3-4-5-12-10(16)6-8(14)11(17)9(15)7-13/h8-9,11,13-15,17H,2-7H2,1H3,(H,12,16). The van der Waals surface area contributed by atoms with E-state index in [1.54, 1.807) is 0 Å². The van der Waals surface area contributed by atoms with Crippen LogP contribution in [0.1, 0.15) is 32.6 Å². The molecule has 1 amide bonds. The number of rotatable bonds is 9. The van der Waals surface area contributed by atoms with Crippen LogP contribution in [0.15, 0.2) is 0 Å². The zero-order valence-electron chi connectivity index (χ0n) is 10.2. The number of unbranched alkanes of at least 4 members (excludes halogenated alkanes) is 2. The molecular weight excluding hydrogens is 226 g/mol. The highest BCUT2D eigenvalue weighted by Crippen LogP contribution is 2.04. The number of carbonyl (C=O) groups excluding carboxylic acids is 1. The lowest BCUT2D eigenvalue weighted by atomic mass is 10.1. The zero-order valence-corrected chi connectivity index (χ0v) is 10.2. The minimum absolute atomic E-state index is 0.287. The summed E-state index contributed by atoms with van der Waals surface area (Å²) >= 11 is 0. The second kappa shape index (κ2) is 9.35. The second-order valence-electron chi connectivity index (χ2n) is 4.07. The highest BCUT2D eigenvalue weighted by atomic mass is 16.4. The summed E-state index contributed by atoms with van der Waals surface area (Å²) in [5.74, 6) is -0.377. The second-order valence-corrected chi connectivity index (χ2v) is 4.07. The molecule has 17 heavy (non-hydrogen) atoms. The molecule has 0 aliphatic rings. The van der Waals surface area contributed by atoms with E-state index in [0.717, 1.165) is 19.3 Å². The van der Waals surface area contributed by atoms with E-state index in [9.17, 15) is 15.0 Å². The van der Waals surface area contributed by atoms with Gasteiger partial charge in [-0.05, 0) is 6.42 Å². The molecule has 0 radical (unpaired) electrons. The Kier molecular flexibility index (Phi) is 8.97. The van der Waals surface area contributed by atoms with Crippen molar-refractivity contribution in [1.82, 2.24) is 5.32 Å². The average molecular weight is 249 g/mol. The van der Waals surface area contributed by atoms with Crippen LogP contribution in [0.4, 0.5) is 0 Å². The highest BCUT2D eigenvalue weighted by Gasteiger charge is 2.25. The van der Waals surface area contributed by atoms with Gasteiger partial charge in [0, 0.05) is 6.54 Å². The van der Waals surface area contributed by atoms with E-state index in [4.69, 9.17) is 10.2 Å². The summed E-state index contributed by atoms with van der Waals surface area (Å²) in [5.41, 5.74) is 0. The normalized spacial score (nSPS) is 16.3. The van der Waals surface area contributed by atoms with E-state index >= 15 is 0 Å². The fourth-order valence-corrected chi connectivity index (χ4v) is 1.35. The van der Waals surface area contributed by atoms with Crippen molar-refractivity contribution in [3.8, 4) is 0 Å². The first-order valence-corrected chi connectivity index (χ1v) is 5.94. The molecule has 0 spiro atoms. The van der Waals surface area contributed by atoms with Gasteiger partial charge in [-0.2, -0.15) is 0 Å². The fraction of sp³-hybridized carbons (Fsp3) is 0.909. The van der Waals surface area contributed by atoms with Crippen LogP contribution in [0.5, 0.6) is 0 Å². The Morgan fingerprint density at radius 1 is 1.18 bits per heavy atom. The van der Waals surface area contributed by atoms with Crippen molar-refractivity contribution in [2.24, 2.45) is 0 Å². The van der Waals surface area contributed by atoms with Gasteiger partial charge in [-0.3, -0.25) is 4.79 Å². The molecule has 5 N–H and O–H groups in total. The summed E-state index contributed by atoms with van der Waals surface area (Å²) in [6.45, 7) is 1.94. The summed E-state index contributed by atoms with van der Waals surface area (Å²) in [4.78, 5) is 11.3. The monoisotopic (exact) mass is 249 g/mol. The van der Waals surface area contributed by atoms with E-state index in [-0.39, 0.29) is 12.3 Å². The summed E-state index contributed by atoms with van der Waals surface area (Å²) in [6, 6.07) is 0. The molecular formula is C11H23NO5. The SMILES string of the molecule is CCCCCNC(=O)CC(O)C(O)C(O)CO. The molecule has 0 bridgehead atoms. The zero-order chi connectivity index (χ0) is 13.3. The number of hydrogen-bond donors (Lipinski definition) is 5. The molecule has 0 aliphatic carbocycles. The van der Waals surface area contributed by atoms with Gasteiger partial charge in [0.1, 0.15) is 12.2 Å². The first kappa shape index (κ1) is 16.3. The lowest BCUT2D eigenvalue weighted by Gasteiger charge is -2.20. The van der Waals surface area contributed by atoms with Crippen molar-refractivity contribution in [2.45, 2.75) is 50.9 Å².